The van der Waals surface area contributed by atoms with Crippen molar-refractivity contribution in [2.45, 2.75) is 19.9 Å². The van der Waals surface area contributed by atoms with E-state index in [4.69, 9.17) is 0 Å². The highest BCUT2D eigenvalue weighted by molar-refractivity contribution is 14.1. The molecule has 80 valence electrons. The molecule has 6 heteroatoms. The van der Waals surface area contributed by atoms with Crippen LogP contribution in [0.3, 0.4) is 0 Å². The Morgan fingerprint density at radius 2 is 2.20 bits per heavy atom. The van der Waals surface area contributed by atoms with Gasteiger partial charge in [-0.2, -0.15) is 15.0 Å². The van der Waals surface area contributed by atoms with Crippen LogP contribution in [-0.2, 0) is 20.0 Å². The molecule has 0 aliphatic carbocycles. The van der Waals surface area contributed by atoms with Gasteiger partial charge in [0, 0.05) is 26.2 Å². The predicted molar refractivity (Wildman–Crippen MR) is 64.4 cm³/mol. The summed E-state index contributed by atoms with van der Waals surface area (Å²) >= 11 is 2.20. The fourth-order valence-electron chi connectivity index (χ4n) is 1.40. The second-order valence-corrected chi connectivity index (χ2v) is 4.33. The second-order valence-electron chi connectivity index (χ2n) is 3.31. The molecular weight excluding hydrogens is 305 g/mol. The largest absolute Gasteiger partial charge is 0.273 e. The Bertz CT molecular complexity index is 459. The number of nitrogens with zero attached hydrogens (tertiary/aromatic N) is 5. The van der Waals surface area contributed by atoms with Crippen LogP contribution in [0.4, 0.5) is 0 Å². The van der Waals surface area contributed by atoms with E-state index < -0.39 is 0 Å². The van der Waals surface area contributed by atoms with Crippen molar-refractivity contribution in [3.63, 3.8) is 0 Å². The van der Waals surface area contributed by atoms with E-state index in [1.54, 1.807) is 4.80 Å². The van der Waals surface area contributed by atoms with E-state index in [1.165, 1.54) is 5.56 Å². The minimum Gasteiger partial charge on any atom is -0.273 e. The summed E-state index contributed by atoms with van der Waals surface area (Å²) in [6.07, 6.45) is 4.73. The molecule has 0 saturated heterocycles. The van der Waals surface area contributed by atoms with Gasteiger partial charge in [-0.15, -0.1) is 5.10 Å². The van der Waals surface area contributed by atoms with E-state index >= 15 is 0 Å². The van der Waals surface area contributed by atoms with Crippen LogP contribution in [0.1, 0.15) is 18.2 Å². The van der Waals surface area contributed by atoms with Gasteiger partial charge < -0.3 is 0 Å². The van der Waals surface area contributed by atoms with Crippen molar-refractivity contribution in [3.8, 4) is 0 Å². The van der Waals surface area contributed by atoms with E-state index in [9.17, 15) is 0 Å². The standard InChI is InChI=1S/C9H12IN5/c1-3-15-6-7(5-11-15)4-8-9(10)13-14(2)12-8/h5-6H,3-4H2,1-2H3. The normalized spacial score (nSPS) is 10.9. The second kappa shape index (κ2) is 4.30. The number of hydrogen-bond acceptors (Lipinski definition) is 3. The highest BCUT2D eigenvalue weighted by Crippen LogP contribution is 2.11. The quantitative estimate of drug-likeness (QED) is 0.800. The summed E-state index contributed by atoms with van der Waals surface area (Å²) in [4.78, 5) is 1.60. The van der Waals surface area contributed by atoms with E-state index in [2.05, 4.69) is 44.8 Å². The van der Waals surface area contributed by atoms with Crippen molar-refractivity contribution in [1.29, 1.82) is 0 Å². The summed E-state index contributed by atoms with van der Waals surface area (Å²) in [6.45, 7) is 2.97. The summed E-state index contributed by atoms with van der Waals surface area (Å²) in [6, 6.07) is 0. The van der Waals surface area contributed by atoms with Crippen LogP contribution < -0.4 is 0 Å². The molecule has 5 nitrogen and oxygen atoms in total. The Hall–Kier alpha value is -0.920. The molecule has 2 aromatic heterocycles. The van der Waals surface area contributed by atoms with Crippen LogP contribution in [-0.4, -0.2) is 24.8 Å². The Morgan fingerprint density at radius 3 is 2.73 bits per heavy atom. The van der Waals surface area contributed by atoms with Gasteiger partial charge in [0.2, 0.25) is 0 Å². The molecule has 0 fully saturated rings. The van der Waals surface area contributed by atoms with Crippen LogP contribution >= 0.6 is 22.6 Å². The number of rotatable bonds is 3. The van der Waals surface area contributed by atoms with Crippen LogP contribution in [0.15, 0.2) is 12.4 Å². The molecule has 0 N–H and O–H groups in total. The summed E-state index contributed by atoms with van der Waals surface area (Å²) in [7, 11) is 1.83. The molecule has 0 unspecified atom stereocenters. The Kier molecular flexibility index (Phi) is 3.03. The maximum Gasteiger partial charge on any atom is 0.147 e. The zero-order chi connectivity index (χ0) is 10.8. The summed E-state index contributed by atoms with van der Waals surface area (Å²) in [5.74, 6) is 0. The molecule has 0 amide bonds. The molecule has 15 heavy (non-hydrogen) atoms. The van der Waals surface area contributed by atoms with Crippen molar-refractivity contribution < 1.29 is 0 Å². The van der Waals surface area contributed by atoms with E-state index in [-0.39, 0.29) is 0 Å². The zero-order valence-electron chi connectivity index (χ0n) is 8.68. The SMILES string of the molecule is CCn1cc(Cc2nn(C)nc2I)cn1. The first-order chi connectivity index (χ1) is 7.19. The topological polar surface area (TPSA) is 48.5 Å². The first-order valence-corrected chi connectivity index (χ1v) is 5.84. The van der Waals surface area contributed by atoms with Gasteiger partial charge in [-0.1, -0.05) is 0 Å². The predicted octanol–water partition coefficient (Wildman–Crippen LogP) is 1.23. The van der Waals surface area contributed by atoms with Crippen molar-refractivity contribution >= 4 is 22.6 Å². The Labute approximate surface area is 102 Å². The molecule has 0 radical (unpaired) electrons. The van der Waals surface area contributed by atoms with Crippen LogP contribution in [0, 0.1) is 3.70 Å². The van der Waals surface area contributed by atoms with E-state index in [1.807, 2.05) is 24.1 Å². The number of halogens is 1. The molecule has 0 aliphatic heterocycles. The van der Waals surface area contributed by atoms with Crippen molar-refractivity contribution in [2.75, 3.05) is 0 Å². The van der Waals surface area contributed by atoms with Crippen LogP contribution in [0.2, 0.25) is 0 Å². The Balaban J connectivity index is 2.17. The van der Waals surface area contributed by atoms with Crippen molar-refractivity contribution in [1.82, 2.24) is 24.8 Å². The first-order valence-electron chi connectivity index (χ1n) is 4.76. The summed E-state index contributed by atoms with van der Waals surface area (Å²) < 4.78 is 2.87. The molecule has 0 atom stereocenters. The van der Waals surface area contributed by atoms with Gasteiger partial charge in [-0.3, -0.25) is 4.68 Å². The zero-order valence-corrected chi connectivity index (χ0v) is 10.8. The van der Waals surface area contributed by atoms with Gasteiger partial charge in [0.1, 0.15) is 9.39 Å². The fourth-order valence-corrected chi connectivity index (χ4v) is 2.01. The molecule has 0 aliphatic rings. The van der Waals surface area contributed by atoms with Crippen LogP contribution in [0.25, 0.3) is 0 Å². The molecule has 0 spiro atoms. The highest BCUT2D eigenvalue weighted by Gasteiger charge is 2.08. The van der Waals surface area contributed by atoms with Gasteiger partial charge in [-0.25, -0.2) is 0 Å². The van der Waals surface area contributed by atoms with Gasteiger partial charge >= 0.3 is 0 Å². The lowest BCUT2D eigenvalue weighted by molar-refractivity contribution is 0.644. The number of aryl methyl sites for hydroxylation is 2. The third-order valence-corrected chi connectivity index (χ3v) is 2.96. The monoisotopic (exact) mass is 317 g/mol. The van der Waals surface area contributed by atoms with Crippen molar-refractivity contribution in [3.05, 3.63) is 27.4 Å². The summed E-state index contributed by atoms with van der Waals surface area (Å²) in [5.41, 5.74) is 2.18. The van der Waals surface area contributed by atoms with Gasteiger partial charge in [0.15, 0.2) is 0 Å². The molecule has 0 saturated carbocycles. The molecule has 2 rings (SSSR count). The maximum absolute atomic E-state index is 4.30. The number of hydrogen-bond donors (Lipinski definition) is 0. The fraction of sp³-hybridized carbons (Fsp3) is 0.444. The molecule has 0 aromatic carbocycles. The average molecular weight is 317 g/mol. The maximum atomic E-state index is 4.30. The van der Waals surface area contributed by atoms with E-state index in [0.29, 0.717) is 0 Å². The van der Waals surface area contributed by atoms with Gasteiger partial charge in [0.05, 0.1) is 6.20 Å². The minimum absolute atomic E-state index is 0.798. The lowest BCUT2D eigenvalue weighted by Crippen LogP contribution is -1.94. The lowest BCUT2D eigenvalue weighted by Gasteiger charge is -1.92. The minimum atomic E-state index is 0.798. The lowest BCUT2D eigenvalue weighted by atomic mass is 10.2. The smallest absolute Gasteiger partial charge is 0.147 e. The molecule has 0 bridgehead atoms. The van der Waals surface area contributed by atoms with Crippen molar-refractivity contribution in [2.24, 2.45) is 7.05 Å². The number of aromatic nitrogens is 5. The van der Waals surface area contributed by atoms with Gasteiger partial charge in [-0.05, 0) is 35.1 Å². The third kappa shape index (κ3) is 2.36. The Morgan fingerprint density at radius 1 is 1.40 bits per heavy atom. The molecule has 2 aromatic rings. The molecule has 2 heterocycles. The van der Waals surface area contributed by atoms with Crippen LogP contribution in [0.5, 0.6) is 0 Å². The van der Waals surface area contributed by atoms with Gasteiger partial charge in [0.25, 0.3) is 0 Å². The highest BCUT2D eigenvalue weighted by atomic mass is 127. The third-order valence-electron chi connectivity index (χ3n) is 2.12. The average Bonchev–Trinajstić information content (AvgIpc) is 2.75. The van der Waals surface area contributed by atoms with E-state index in [0.717, 1.165) is 22.4 Å². The molecular formula is C9H12IN5. The summed E-state index contributed by atoms with van der Waals surface area (Å²) in [5, 5.41) is 12.7. The first kappa shape index (κ1) is 10.6.